The van der Waals surface area contributed by atoms with Crippen LogP contribution < -0.4 is 15.4 Å². The number of hydrogen-bond acceptors (Lipinski definition) is 3. The highest BCUT2D eigenvalue weighted by atomic mass is 19.3. The normalized spacial score (nSPS) is 17.2. The number of nitrogens with two attached hydrogens (primary N) is 1. The molecule has 1 aliphatic rings. The summed E-state index contributed by atoms with van der Waals surface area (Å²) in [6, 6.07) is 7.56. The summed E-state index contributed by atoms with van der Waals surface area (Å²) in [6.07, 6.45) is -0.457. The first-order chi connectivity index (χ1) is 8.65. The van der Waals surface area contributed by atoms with Crippen LogP contribution in [0.15, 0.2) is 24.3 Å². The molecular weight excluding hydrogens is 238 g/mol. The van der Waals surface area contributed by atoms with E-state index in [4.69, 9.17) is 10.5 Å². The Bertz CT molecular complexity index is 362. The van der Waals surface area contributed by atoms with E-state index in [1.54, 1.807) is 12.1 Å². The van der Waals surface area contributed by atoms with Gasteiger partial charge in [0.05, 0.1) is 0 Å². The monoisotopic (exact) mass is 256 g/mol. The van der Waals surface area contributed by atoms with E-state index in [1.807, 2.05) is 12.1 Å². The van der Waals surface area contributed by atoms with E-state index < -0.39 is 13.0 Å². The molecule has 18 heavy (non-hydrogen) atoms. The molecule has 0 spiro atoms. The summed E-state index contributed by atoms with van der Waals surface area (Å²) in [7, 11) is 0. The van der Waals surface area contributed by atoms with Crippen molar-refractivity contribution in [3.63, 3.8) is 0 Å². The van der Waals surface area contributed by atoms with Crippen molar-refractivity contribution in [1.82, 2.24) is 0 Å². The van der Waals surface area contributed by atoms with Crippen molar-refractivity contribution >= 4 is 5.69 Å². The lowest BCUT2D eigenvalue weighted by molar-refractivity contribution is 0.0819. The molecule has 2 rings (SSSR count). The van der Waals surface area contributed by atoms with Crippen LogP contribution in [0.25, 0.3) is 0 Å². The summed E-state index contributed by atoms with van der Waals surface area (Å²) in [6.45, 7) is 1.33. The number of nitrogens with zero attached hydrogens (tertiary/aromatic N) is 1. The van der Waals surface area contributed by atoms with E-state index in [-0.39, 0.29) is 0 Å². The third-order valence-electron chi connectivity index (χ3n) is 3.12. The van der Waals surface area contributed by atoms with Crippen LogP contribution >= 0.6 is 0 Å². The predicted octanol–water partition coefficient (Wildman–Crippen LogP) is 2.26. The second-order valence-electron chi connectivity index (χ2n) is 4.52. The molecule has 0 unspecified atom stereocenters. The molecular formula is C13H18F2N2O. The zero-order valence-electron chi connectivity index (χ0n) is 10.2. The molecule has 1 aromatic rings. The molecule has 0 aliphatic carbocycles. The van der Waals surface area contributed by atoms with Gasteiger partial charge in [0.15, 0.2) is 0 Å². The fourth-order valence-corrected chi connectivity index (χ4v) is 2.07. The summed E-state index contributed by atoms with van der Waals surface area (Å²) in [5.74, 6) is 0.479. The number of ether oxygens (including phenoxy) is 1. The summed E-state index contributed by atoms with van der Waals surface area (Å²) >= 11 is 0. The van der Waals surface area contributed by atoms with Gasteiger partial charge in [-0.25, -0.2) is 8.78 Å². The zero-order valence-corrected chi connectivity index (χ0v) is 10.2. The average molecular weight is 256 g/mol. The summed E-state index contributed by atoms with van der Waals surface area (Å²) in [5, 5.41) is 0. The quantitative estimate of drug-likeness (QED) is 0.898. The number of halogens is 2. The lowest BCUT2D eigenvalue weighted by Crippen LogP contribution is -2.39. The van der Waals surface area contributed by atoms with Crippen molar-refractivity contribution in [2.75, 3.05) is 24.6 Å². The molecule has 100 valence electrons. The fraction of sp³-hybridized carbons (Fsp3) is 0.538. The Labute approximate surface area is 106 Å². The molecule has 0 amide bonds. The molecule has 1 saturated heterocycles. The standard InChI is InChI=1S/C13H18F2N2O/c14-13(15)9-18-12-3-1-11(2-4-12)17-7-5-10(16)6-8-17/h1-4,10,13H,5-9,16H2. The maximum Gasteiger partial charge on any atom is 0.272 e. The molecule has 2 N–H and O–H groups in total. The van der Waals surface area contributed by atoms with Crippen molar-refractivity contribution in [2.24, 2.45) is 5.73 Å². The first kappa shape index (κ1) is 13.1. The van der Waals surface area contributed by atoms with Gasteiger partial charge in [0.1, 0.15) is 12.4 Å². The van der Waals surface area contributed by atoms with Gasteiger partial charge in [0.2, 0.25) is 0 Å². The second kappa shape index (κ2) is 6.00. The largest absolute Gasteiger partial charge is 0.488 e. The Morgan fingerprint density at radius 3 is 2.39 bits per heavy atom. The van der Waals surface area contributed by atoms with Crippen LogP contribution in [-0.4, -0.2) is 32.2 Å². The Morgan fingerprint density at radius 1 is 1.22 bits per heavy atom. The Balaban J connectivity index is 1.91. The highest BCUT2D eigenvalue weighted by molar-refractivity contribution is 5.49. The molecule has 0 saturated carbocycles. The van der Waals surface area contributed by atoms with Crippen LogP contribution in [0.2, 0.25) is 0 Å². The van der Waals surface area contributed by atoms with E-state index in [9.17, 15) is 8.78 Å². The molecule has 1 heterocycles. The van der Waals surface area contributed by atoms with Gasteiger partial charge < -0.3 is 15.4 Å². The Hall–Kier alpha value is -1.36. The molecule has 1 aliphatic heterocycles. The van der Waals surface area contributed by atoms with Gasteiger partial charge in [-0.1, -0.05) is 0 Å². The van der Waals surface area contributed by atoms with Crippen molar-refractivity contribution in [3.8, 4) is 5.75 Å². The van der Waals surface area contributed by atoms with Crippen LogP contribution in [0.1, 0.15) is 12.8 Å². The smallest absolute Gasteiger partial charge is 0.272 e. The van der Waals surface area contributed by atoms with Gasteiger partial charge in [-0.2, -0.15) is 0 Å². The minimum Gasteiger partial charge on any atom is -0.488 e. The van der Waals surface area contributed by atoms with Crippen molar-refractivity contribution in [1.29, 1.82) is 0 Å². The number of alkyl halides is 2. The van der Waals surface area contributed by atoms with Gasteiger partial charge >= 0.3 is 0 Å². The topological polar surface area (TPSA) is 38.5 Å². The van der Waals surface area contributed by atoms with Crippen LogP contribution in [0.5, 0.6) is 5.75 Å². The third-order valence-corrected chi connectivity index (χ3v) is 3.12. The number of piperidine rings is 1. The van der Waals surface area contributed by atoms with Gasteiger partial charge in [-0.15, -0.1) is 0 Å². The number of hydrogen-bond donors (Lipinski definition) is 1. The summed E-state index contributed by atoms with van der Waals surface area (Å²) in [5.41, 5.74) is 6.94. The van der Waals surface area contributed by atoms with Gasteiger partial charge in [-0.05, 0) is 37.1 Å². The van der Waals surface area contributed by atoms with E-state index in [0.29, 0.717) is 11.8 Å². The number of anilines is 1. The third kappa shape index (κ3) is 3.57. The molecule has 0 atom stereocenters. The van der Waals surface area contributed by atoms with Crippen LogP contribution in [0, 0.1) is 0 Å². The lowest BCUT2D eigenvalue weighted by Gasteiger charge is -2.32. The molecule has 5 heteroatoms. The van der Waals surface area contributed by atoms with Crippen molar-refractivity contribution in [3.05, 3.63) is 24.3 Å². The SMILES string of the molecule is NC1CCN(c2ccc(OCC(F)F)cc2)CC1. The number of rotatable bonds is 4. The first-order valence-corrected chi connectivity index (χ1v) is 6.16. The van der Waals surface area contributed by atoms with Crippen LogP contribution in [0.4, 0.5) is 14.5 Å². The maximum atomic E-state index is 12.0. The van der Waals surface area contributed by atoms with Gasteiger partial charge in [-0.3, -0.25) is 0 Å². The minimum atomic E-state index is -2.44. The summed E-state index contributed by atoms with van der Waals surface area (Å²) < 4.78 is 28.9. The lowest BCUT2D eigenvalue weighted by atomic mass is 10.1. The fourth-order valence-electron chi connectivity index (χ4n) is 2.07. The minimum absolute atomic E-state index is 0.301. The molecule has 1 fully saturated rings. The van der Waals surface area contributed by atoms with Crippen LogP contribution in [0.3, 0.4) is 0 Å². The molecule has 1 aromatic carbocycles. The van der Waals surface area contributed by atoms with Crippen LogP contribution in [-0.2, 0) is 0 Å². The van der Waals surface area contributed by atoms with Gasteiger partial charge in [0, 0.05) is 24.8 Å². The molecule has 0 radical (unpaired) electrons. The zero-order chi connectivity index (χ0) is 13.0. The highest BCUT2D eigenvalue weighted by Gasteiger charge is 2.16. The van der Waals surface area contributed by atoms with Gasteiger partial charge in [0.25, 0.3) is 6.43 Å². The van der Waals surface area contributed by atoms with Crippen molar-refractivity contribution in [2.45, 2.75) is 25.3 Å². The number of benzene rings is 1. The Kier molecular flexibility index (Phi) is 4.36. The maximum absolute atomic E-state index is 12.0. The highest BCUT2D eigenvalue weighted by Crippen LogP contribution is 2.22. The second-order valence-corrected chi connectivity index (χ2v) is 4.52. The van der Waals surface area contributed by atoms with Crippen molar-refractivity contribution < 1.29 is 13.5 Å². The average Bonchev–Trinajstić information content (AvgIpc) is 2.38. The Morgan fingerprint density at radius 2 is 1.83 bits per heavy atom. The molecule has 0 aromatic heterocycles. The van der Waals surface area contributed by atoms with E-state index in [2.05, 4.69) is 4.90 Å². The molecule has 0 bridgehead atoms. The summed E-state index contributed by atoms with van der Waals surface area (Å²) in [4.78, 5) is 2.25. The molecule has 3 nitrogen and oxygen atoms in total. The van der Waals surface area contributed by atoms with E-state index in [1.165, 1.54) is 0 Å². The van der Waals surface area contributed by atoms with E-state index >= 15 is 0 Å². The predicted molar refractivity (Wildman–Crippen MR) is 67.4 cm³/mol. The first-order valence-electron chi connectivity index (χ1n) is 6.16. The van der Waals surface area contributed by atoms with E-state index in [0.717, 1.165) is 31.6 Å².